The van der Waals surface area contributed by atoms with Gasteiger partial charge in [0.2, 0.25) is 0 Å². The molecule has 1 aromatic carbocycles. The van der Waals surface area contributed by atoms with Crippen molar-refractivity contribution >= 4 is 39.6 Å². The van der Waals surface area contributed by atoms with Gasteiger partial charge in [-0.3, -0.25) is 14.5 Å². The van der Waals surface area contributed by atoms with Crippen molar-refractivity contribution in [3.63, 3.8) is 0 Å². The normalized spacial score (nSPS) is 15.5. The molecule has 0 unspecified atom stereocenters. The van der Waals surface area contributed by atoms with Gasteiger partial charge in [-0.1, -0.05) is 24.1 Å². The first-order valence-electron chi connectivity index (χ1n) is 9.18. The molecule has 3 heterocycles. The predicted molar refractivity (Wildman–Crippen MR) is 113 cm³/mol. The van der Waals surface area contributed by atoms with Crippen molar-refractivity contribution in [2.75, 3.05) is 6.54 Å². The maximum Gasteiger partial charge on any atom is 0.275 e. The van der Waals surface area contributed by atoms with E-state index in [9.17, 15) is 14.9 Å². The third kappa shape index (κ3) is 3.43. The highest BCUT2D eigenvalue weighted by Crippen LogP contribution is 2.31. The highest BCUT2D eigenvalue weighted by molar-refractivity contribution is 7.19. The van der Waals surface area contributed by atoms with Crippen LogP contribution in [0.1, 0.15) is 30.2 Å². The van der Waals surface area contributed by atoms with Crippen LogP contribution >= 0.6 is 11.3 Å². The average Bonchev–Trinajstić information content (AvgIpc) is 3.29. The lowest BCUT2D eigenvalue weighted by Gasteiger charge is -2.26. The zero-order valence-corrected chi connectivity index (χ0v) is 17.0. The van der Waals surface area contributed by atoms with Crippen LogP contribution in [0.2, 0.25) is 0 Å². The van der Waals surface area contributed by atoms with E-state index < -0.39 is 11.8 Å². The molecule has 0 spiro atoms. The van der Waals surface area contributed by atoms with Crippen molar-refractivity contribution in [2.45, 2.75) is 13.8 Å². The fraction of sp³-hybridized carbons (Fsp3) is 0.130. The van der Waals surface area contributed by atoms with E-state index in [0.717, 1.165) is 15.3 Å². The molecule has 0 bridgehead atoms. The Morgan fingerprint density at radius 3 is 2.63 bits per heavy atom. The van der Waals surface area contributed by atoms with Gasteiger partial charge in [-0.25, -0.2) is 0 Å². The van der Waals surface area contributed by atoms with Crippen molar-refractivity contribution in [3.8, 4) is 17.9 Å². The van der Waals surface area contributed by atoms with Crippen LogP contribution in [-0.2, 0) is 9.59 Å². The second-order valence-electron chi connectivity index (χ2n) is 6.48. The standard InChI is InChI=1S/C23H15N3O3S/c1-3-26-22(27)17(14(2)18(13-24)23(26)28)11-16-12-19-21(30-16)25-20(29-19)10-9-15-7-5-4-6-8-15/h4-8,11-12H,3H2,1-2H3/b17-11-. The Kier molecular flexibility index (Phi) is 5.05. The van der Waals surface area contributed by atoms with E-state index in [0.29, 0.717) is 27.5 Å². The third-order valence-electron chi connectivity index (χ3n) is 4.62. The Morgan fingerprint density at radius 1 is 1.20 bits per heavy atom. The molecule has 0 saturated carbocycles. The molecule has 0 radical (unpaired) electrons. The minimum atomic E-state index is -0.553. The number of hydrogen-bond donors (Lipinski definition) is 0. The van der Waals surface area contributed by atoms with E-state index in [1.54, 1.807) is 26.0 Å². The number of hydrogen-bond acceptors (Lipinski definition) is 6. The van der Waals surface area contributed by atoms with Gasteiger partial charge in [0.1, 0.15) is 11.6 Å². The molecule has 146 valence electrons. The van der Waals surface area contributed by atoms with Crippen molar-refractivity contribution in [1.82, 2.24) is 9.88 Å². The quantitative estimate of drug-likeness (QED) is 0.361. The lowest BCUT2D eigenvalue weighted by atomic mass is 9.95. The molecule has 7 heteroatoms. The number of nitrogens with zero attached hydrogens (tertiary/aromatic N) is 3. The summed E-state index contributed by atoms with van der Waals surface area (Å²) >= 11 is 1.35. The van der Waals surface area contributed by atoms with Gasteiger partial charge in [0.25, 0.3) is 17.7 Å². The fourth-order valence-electron chi connectivity index (χ4n) is 3.08. The lowest BCUT2D eigenvalue weighted by Crippen LogP contribution is -2.42. The number of thiophene rings is 1. The van der Waals surface area contributed by atoms with Gasteiger partial charge in [0.15, 0.2) is 10.4 Å². The maximum absolute atomic E-state index is 12.7. The molecule has 6 nitrogen and oxygen atoms in total. The van der Waals surface area contributed by atoms with Crippen LogP contribution in [0.25, 0.3) is 16.5 Å². The summed E-state index contributed by atoms with van der Waals surface area (Å²) in [5.74, 6) is 5.26. The van der Waals surface area contributed by atoms with Crippen LogP contribution in [-0.4, -0.2) is 28.2 Å². The number of benzene rings is 1. The first-order valence-corrected chi connectivity index (χ1v) is 10.00. The molecule has 1 aliphatic heterocycles. The number of likely N-dealkylation sites (N-methyl/N-ethyl adjacent to an activating group) is 1. The number of rotatable bonds is 2. The number of fused-ring (bicyclic) bond motifs is 1. The number of carbonyl (C=O) groups excluding carboxylic acids is 2. The molecular formula is C23H15N3O3S. The van der Waals surface area contributed by atoms with E-state index in [4.69, 9.17) is 4.42 Å². The summed E-state index contributed by atoms with van der Waals surface area (Å²) in [6.45, 7) is 3.51. The van der Waals surface area contributed by atoms with Gasteiger partial charge in [0, 0.05) is 28.6 Å². The summed E-state index contributed by atoms with van der Waals surface area (Å²) in [5, 5.41) is 9.33. The molecule has 3 aromatic rings. The van der Waals surface area contributed by atoms with Gasteiger partial charge in [-0.2, -0.15) is 10.2 Å². The Hall–Kier alpha value is -3.94. The fourth-order valence-corrected chi connectivity index (χ4v) is 3.98. The van der Waals surface area contributed by atoms with Gasteiger partial charge < -0.3 is 4.42 Å². The maximum atomic E-state index is 12.7. The first-order chi connectivity index (χ1) is 14.5. The number of imide groups is 1. The SMILES string of the molecule is CCN1C(=O)C(C#N)=C(C)/C(=C/c2cc3oc(C#Cc4ccccc4)nc3s2)C1=O. The van der Waals surface area contributed by atoms with Crippen molar-refractivity contribution in [2.24, 2.45) is 0 Å². The summed E-state index contributed by atoms with van der Waals surface area (Å²) in [5.41, 5.74) is 2.12. The number of carbonyl (C=O) groups is 2. The topological polar surface area (TPSA) is 87.2 Å². The summed E-state index contributed by atoms with van der Waals surface area (Å²) in [4.78, 5) is 31.8. The summed E-state index contributed by atoms with van der Waals surface area (Å²) in [6.07, 6.45) is 1.67. The molecule has 2 aromatic heterocycles. The molecule has 2 amide bonds. The summed E-state index contributed by atoms with van der Waals surface area (Å²) in [6, 6.07) is 13.2. The van der Waals surface area contributed by atoms with Crippen LogP contribution in [0.3, 0.4) is 0 Å². The van der Waals surface area contributed by atoms with Crippen molar-refractivity contribution < 1.29 is 14.0 Å². The monoisotopic (exact) mass is 413 g/mol. The molecule has 30 heavy (non-hydrogen) atoms. The molecule has 0 N–H and O–H groups in total. The minimum absolute atomic E-state index is 0.0143. The van der Waals surface area contributed by atoms with Gasteiger partial charge >= 0.3 is 0 Å². The number of amides is 2. The van der Waals surface area contributed by atoms with E-state index in [-0.39, 0.29) is 12.1 Å². The van der Waals surface area contributed by atoms with E-state index in [2.05, 4.69) is 16.8 Å². The molecule has 0 fully saturated rings. The molecule has 0 saturated heterocycles. The summed E-state index contributed by atoms with van der Waals surface area (Å²) < 4.78 is 5.70. The number of oxazole rings is 1. The molecular weight excluding hydrogens is 398 g/mol. The van der Waals surface area contributed by atoms with E-state index in [1.807, 2.05) is 36.4 Å². The van der Waals surface area contributed by atoms with Crippen LogP contribution < -0.4 is 0 Å². The van der Waals surface area contributed by atoms with Gasteiger partial charge in [-0.15, -0.1) is 11.3 Å². The zero-order chi connectivity index (χ0) is 21.3. The third-order valence-corrected chi connectivity index (χ3v) is 5.58. The average molecular weight is 413 g/mol. The Bertz CT molecular complexity index is 1310. The zero-order valence-electron chi connectivity index (χ0n) is 16.2. The molecule has 0 aliphatic carbocycles. The Balaban J connectivity index is 1.68. The highest BCUT2D eigenvalue weighted by Gasteiger charge is 2.34. The van der Waals surface area contributed by atoms with Crippen LogP contribution in [0.15, 0.2) is 57.5 Å². The van der Waals surface area contributed by atoms with Crippen molar-refractivity contribution in [1.29, 1.82) is 5.26 Å². The van der Waals surface area contributed by atoms with Crippen LogP contribution in [0.5, 0.6) is 0 Å². The van der Waals surface area contributed by atoms with Crippen molar-refractivity contribution in [3.05, 3.63) is 69.4 Å². The van der Waals surface area contributed by atoms with Crippen LogP contribution in [0, 0.1) is 23.2 Å². The molecule has 1 aliphatic rings. The first kappa shape index (κ1) is 19.4. The lowest BCUT2D eigenvalue weighted by molar-refractivity contribution is -0.140. The minimum Gasteiger partial charge on any atom is -0.429 e. The molecule has 4 rings (SSSR count). The van der Waals surface area contributed by atoms with Gasteiger partial charge in [0.05, 0.1) is 0 Å². The van der Waals surface area contributed by atoms with Crippen LogP contribution in [0.4, 0.5) is 0 Å². The largest absolute Gasteiger partial charge is 0.429 e. The van der Waals surface area contributed by atoms with E-state index >= 15 is 0 Å². The predicted octanol–water partition coefficient (Wildman–Crippen LogP) is 3.90. The Morgan fingerprint density at radius 2 is 1.97 bits per heavy atom. The highest BCUT2D eigenvalue weighted by atomic mass is 32.1. The number of aromatic nitrogens is 1. The van der Waals surface area contributed by atoms with Gasteiger partial charge in [-0.05, 0) is 43.5 Å². The second kappa shape index (κ2) is 7.82. The second-order valence-corrected chi connectivity index (χ2v) is 7.54. The summed E-state index contributed by atoms with van der Waals surface area (Å²) in [7, 11) is 0. The molecule has 0 atom stereocenters. The number of nitriles is 1. The smallest absolute Gasteiger partial charge is 0.275 e. The Labute approximate surface area is 176 Å². The van der Waals surface area contributed by atoms with E-state index in [1.165, 1.54) is 11.3 Å².